The van der Waals surface area contributed by atoms with Gasteiger partial charge in [-0.05, 0) is 31.0 Å². The lowest BCUT2D eigenvalue weighted by atomic mass is 9.94. The molecular formula is C15H19BrF3NO. The molecule has 2 rings (SSSR count). The van der Waals surface area contributed by atoms with Gasteiger partial charge in [0.15, 0.2) is 0 Å². The van der Waals surface area contributed by atoms with Gasteiger partial charge in [0.1, 0.15) is 0 Å². The fraction of sp³-hybridized carbons (Fsp3) is 0.600. The lowest BCUT2D eigenvalue weighted by molar-refractivity contribution is -0.137. The Bertz CT molecular complexity index is 482. The smallest absolute Gasteiger partial charge is 0.388 e. The van der Waals surface area contributed by atoms with Gasteiger partial charge in [0.2, 0.25) is 0 Å². The number of anilines is 1. The van der Waals surface area contributed by atoms with Crippen molar-refractivity contribution in [2.75, 3.05) is 11.9 Å². The number of nitrogens with one attached hydrogen (secondary N) is 1. The van der Waals surface area contributed by atoms with E-state index in [0.29, 0.717) is 17.3 Å². The van der Waals surface area contributed by atoms with Gasteiger partial charge < -0.3 is 10.4 Å². The number of hydrogen-bond donors (Lipinski definition) is 2. The summed E-state index contributed by atoms with van der Waals surface area (Å²) in [7, 11) is 0. The Morgan fingerprint density at radius 1 is 1.14 bits per heavy atom. The largest absolute Gasteiger partial charge is 0.418 e. The molecule has 0 aromatic heterocycles. The van der Waals surface area contributed by atoms with E-state index in [2.05, 4.69) is 21.2 Å². The zero-order valence-electron chi connectivity index (χ0n) is 11.6. The molecule has 1 aliphatic carbocycles. The molecular weight excluding hydrogens is 347 g/mol. The van der Waals surface area contributed by atoms with Crippen LogP contribution in [0.2, 0.25) is 0 Å². The zero-order valence-corrected chi connectivity index (χ0v) is 13.2. The van der Waals surface area contributed by atoms with E-state index in [9.17, 15) is 18.3 Å². The van der Waals surface area contributed by atoms with Gasteiger partial charge in [-0.15, -0.1) is 0 Å². The fourth-order valence-corrected chi connectivity index (χ4v) is 3.09. The first kappa shape index (κ1) is 16.6. The van der Waals surface area contributed by atoms with Gasteiger partial charge in [0.05, 0.1) is 11.2 Å². The molecule has 6 heteroatoms. The van der Waals surface area contributed by atoms with Crippen molar-refractivity contribution in [1.29, 1.82) is 0 Å². The molecule has 0 spiro atoms. The quantitative estimate of drug-likeness (QED) is 0.741. The monoisotopic (exact) mass is 365 g/mol. The molecule has 1 fully saturated rings. The molecule has 0 bridgehead atoms. The molecule has 1 saturated carbocycles. The first-order valence-electron chi connectivity index (χ1n) is 7.13. The van der Waals surface area contributed by atoms with E-state index in [1.165, 1.54) is 12.1 Å². The summed E-state index contributed by atoms with van der Waals surface area (Å²) in [5.74, 6) is 0. The third-order valence-corrected chi connectivity index (χ3v) is 4.42. The highest BCUT2D eigenvalue weighted by Crippen LogP contribution is 2.37. The van der Waals surface area contributed by atoms with Crippen LogP contribution in [0.4, 0.5) is 18.9 Å². The van der Waals surface area contributed by atoms with E-state index in [1.807, 2.05) is 0 Å². The molecule has 1 aromatic rings. The van der Waals surface area contributed by atoms with Gasteiger partial charge in [-0.3, -0.25) is 0 Å². The molecule has 1 aromatic carbocycles. The van der Waals surface area contributed by atoms with Gasteiger partial charge in [-0.1, -0.05) is 41.6 Å². The van der Waals surface area contributed by atoms with Crippen molar-refractivity contribution in [2.45, 2.75) is 50.3 Å². The van der Waals surface area contributed by atoms with Crippen LogP contribution < -0.4 is 5.32 Å². The minimum Gasteiger partial charge on any atom is -0.388 e. The molecule has 0 saturated heterocycles. The molecule has 1 aliphatic rings. The highest BCUT2D eigenvalue weighted by Gasteiger charge is 2.34. The van der Waals surface area contributed by atoms with Crippen molar-refractivity contribution in [1.82, 2.24) is 0 Å². The highest BCUT2D eigenvalue weighted by molar-refractivity contribution is 9.10. The predicted molar refractivity (Wildman–Crippen MR) is 80.3 cm³/mol. The third kappa shape index (κ3) is 4.61. The summed E-state index contributed by atoms with van der Waals surface area (Å²) in [6.07, 6.45) is 0.853. The first-order valence-corrected chi connectivity index (χ1v) is 7.92. The second kappa shape index (κ2) is 6.57. The van der Waals surface area contributed by atoms with Crippen LogP contribution in [0.3, 0.4) is 0 Å². The van der Waals surface area contributed by atoms with Crippen molar-refractivity contribution in [2.24, 2.45) is 0 Å². The standard InChI is InChI=1S/C15H19BrF3NO/c16-11-5-6-12(15(17,18)19)13(9-11)20-10-14(21)7-3-1-2-4-8-14/h5-6,9,20-21H,1-4,7-8,10H2. The van der Waals surface area contributed by atoms with Crippen LogP contribution in [-0.4, -0.2) is 17.3 Å². The predicted octanol–water partition coefficient (Wildman–Crippen LogP) is 4.97. The summed E-state index contributed by atoms with van der Waals surface area (Å²) in [6, 6.07) is 3.82. The van der Waals surface area contributed by atoms with Crippen LogP contribution in [0.1, 0.15) is 44.1 Å². The maximum atomic E-state index is 13.0. The summed E-state index contributed by atoms with van der Waals surface area (Å²) in [4.78, 5) is 0. The first-order chi connectivity index (χ1) is 9.80. The van der Waals surface area contributed by atoms with Crippen LogP contribution in [0, 0.1) is 0 Å². The number of hydrogen-bond acceptors (Lipinski definition) is 2. The molecule has 118 valence electrons. The average molecular weight is 366 g/mol. The minimum atomic E-state index is -4.41. The van der Waals surface area contributed by atoms with Crippen LogP contribution in [-0.2, 0) is 6.18 Å². The van der Waals surface area contributed by atoms with Crippen LogP contribution in [0.15, 0.2) is 22.7 Å². The Hall–Kier alpha value is -0.750. The lowest BCUT2D eigenvalue weighted by Gasteiger charge is -2.28. The number of alkyl halides is 3. The van der Waals surface area contributed by atoms with E-state index >= 15 is 0 Å². The van der Waals surface area contributed by atoms with E-state index in [-0.39, 0.29) is 12.2 Å². The number of aliphatic hydroxyl groups is 1. The average Bonchev–Trinajstić information content (AvgIpc) is 2.60. The molecule has 0 amide bonds. The van der Waals surface area contributed by atoms with E-state index < -0.39 is 17.3 Å². The molecule has 0 aliphatic heterocycles. The summed E-state index contributed by atoms with van der Waals surface area (Å²) >= 11 is 3.19. The summed E-state index contributed by atoms with van der Waals surface area (Å²) in [6.45, 7) is 0.145. The van der Waals surface area contributed by atoms with Crippen LogP contribution in [0.5, 0.6) is 0 Å². The van der Waals surface area contributed by atoms with E-state index in [4.69, 9.17) is 0 Å². The lowest BCUT2D eigenvalue weighted by Crippen LogP contribution is -2.36. The van der Waals surface area contributed by atoms with Gasteiger partial charge >= 0.3 is 6.18 Å². The Balaban J connectivity index is 2.13. The third-order valence-electron chi connectivity index (χ3n) is 3.93. The molecule has 2 nitrogen and oxygen atoms in total. The minimum absolute atomic E-state index is 0.00884. The van der Waals surface area contributed by atoms with Crippen LogP contribution in [0.25, 0.3) is 0 Å². The maximum absolute atomic E-state index is 13.0. The molecule has 2 N–H and O–H groups in total. The molecule has 0 atom stereocenters. The van der Waals surface area contributed by atoms with E-state index in [1.54, 1.807) is 0 Å². The van der Waals surface area contributed by atoms with Crippen molar-refractivity contribution < 1.29 is 18.3 Å². The summed E-state index contributed by atoms with van der Waals surface area (Å²) in [5.41, 5.74) is -1.61. The fourth-order valence-electron chi connectivity index (χ4n) is 2.73. The Kier molecular flexibility index (Phi) is 5.20. The second-order valence-electron chi connectivity index (χ2n) is 5.68. The van der Waals surface area contributed by atoms with Crippen molar-refractivity contribution >= 4 is 21.6 Å². The highest BCUT2D eigenvalue weighted by atomic mass is 79.9. The number of halogens is 4. The molecule has 0 heterocycles. The Morgan fingerprint density at radius 2 is 1.76 bits per heavy atom. The van der Waals surface area contributed by atoms with Gasteiger partial charge in [0, 0.05) is 16.7 Å². The van der Waals surface area contributed by atoms with Crippen molar-refractivity contribution in [3.05, 3.63) is 28.2 Å². The Labute approximate surface area is 130 Å². The molecule has 0 radical (unpaired) electrons. The number of benzene rings is 1. The molecule has 21 heavy (non-hydrogen) atoms. The van der Waals surface area contributed by atoms with Gasteiger partial charge in [-0.25, -0.2) is 0 Å². The topological polar surface area (TPSA) is 32.3 Å². The Morgan fingerprint density at radius 3 is 2.33 bits per heavy atom. The maximum Gasteiger partial charge on any atom is 0.418 e. The van der Waals surface area contributed by atoms with Crippen molar-refractivity contribution in [3.63, 3.8) is 0 Å². The zero-order chi connectivity index (χ0) is 15.5. The second-order valence-corrected chi connectivity index (χ2v) is 6.60. The summed E-state index contributed by atoms with van der Waals surface area (Å²) < 4.78 is 39.5. The van der Waals surface area contributed by atoms with E-state index in [0.717, 1.165) is 31.7 Å². The van der Waals surface area contributed by atoms with Gasteiger partial charge in [-0.2, -0.15) is 13.2 Å². The normalized spacial score (nSPS) is 19.1. The summed E-state index contributed by atoms with van der Waals surface area (Å²) in [5, 5.41) is 13.3. The van der Waals surface area contributed by atoms with Crippen molar-refractivity contribution in [3.8, 4) is 0 Å². The van der Waals surface area contributed by atoms with Crippen LogP contribution >= 0.6 is 15.9 Å². The number of rotatable bonds is 3. The SMILES string of the molecule is OC1(CNc2cc(Br)ccc2C(F)(F)F)CCCCCC1. The van der Waals surface area contributed by atoms with Gasteiger partial charge in [0.25, 0.3) is 0 Å². The molecule has 0 unspecified atom stereocenters.